The van der Waals surface area contributed by atoms with Crippen molar-refractivity contribution in [3.05, 3.63) is 52.5 Å². The summed E-state index contributed by atoms with van der Waals surface area (Å²) >= 11 is 6.02. The largest absolute Gasteiger partial charge is 0.508 e. The molecule has 1 aliphatic rings. The van der Waals surface area contributed by atoms with Crippen molar-refractivity contribution in [3.63, 3.8) is 0 Å². The molecule has 1 heterocycles. The van der Waals surface area contributed by atoms with Crippen LogP contribution < -0.4 is 4.90 Å². The molecule has 0 radical (unpaired) electrons. The van der Waals surface area contributed by atoms with E-state index in [4.69, 9.17) is 11.6 Å². The number of halogens is 4. The topological polar surface area (TPSA) is 64.0 Å². The number of nitrogens with zero attached hydrogens (tertiary/aromatic N) is 2. The van der Waals surface area contributed by atoms with Crippen LogP contribution in [0.15, 0.2) is 36.4 Å². The summed E-state index contributed by atoms with van der Waals surface area (Å²) < 4.78 is 38.2. The standard InChI is InChI=1S/C18H16ClF3N2O3/c19-14-9-11(18(20,21)22)1-4-15(14)23-5-7-24(8-6-23)17(27)13-3-2-12(25)10-16(13)26/h1-4,9-10,25-26H,5-8H2. The molecule has 2 aromatic rings. The van der Waals surface area contributed by atoms with Crippen LogP contribution in [-0.4, -0.2) is 47.2 Å². The second kappa shape index (κ2) is 7.19. The Labute approximate surface area is 158 Å². The Morgan fingerprint density at radius 2 is 1.67 bits per heavy atom. The molecule has 1 aliphatic heterocycles. The van der Waals surface area contributed by atoms with Gasteiger partial charge in [0.1, 0.15) is 11.5 Å². The fraction of sp³-hybridized carbons (Fsp3) is 0.278. The lowest BCUT2D eigenvalue weighted by Crippen LogP contribution is -2.48. The Morgan fingerprint density at radius 1 is 1.00 bits per heavy atom. The molecule has 27 heavy (non-hydrogen) atoms. The highest BCUT2D eigenvalue weighted by Gasteiger charge is 2.32. The molecule has 0 bridgehead atoms. The molecule has 1 saturated heterocycles. The highest BCUT2D eigenvalue weighted by Crippen LogP contribution is 2.35. The van der Waals surface area contributed by atoms with Gasteiger partial charge in [0.2, 0.25) is 0 Å². The van der Waals surface area contributed by atoms with Gasteiger partial charge in [-0.1, -0.05) is 11.6 Å². The first-order valence-corrected chi connectivity index (χ1v) is 8.47. The minimum Gasteiger partial charge on any atom is -0.508 e. The number of rotatable bonds is 2. The maximum atomic E-state index is 12.7. The molecule has 1 amide bonds. The Hall–Kier alpha value is -2.61. The van der Waals surface area contributed by atoms with Gasteiger partial charge in [0.15, 0.2) is 0 Å². The molecule has 2 N–H and O–H groups in total. The van der Waals surface area contributed by atoms with Crippen LogP contribution >= 0.6 is 11.6 Å². The van der Waals surface area contributed by atoms with Crippen molar-refractivity contribution in [2.24, 2.45) is 0 Å². The Balaban J connectivity index is 1.69. The van der Waals surface area contributed by atoms with E-state index in [0.717, 1.165) is 18.2 Å². The zero-order chi connectivity index (χ0) is 19.8. The van der Waals surface area contributed by atoms with E-state index in [2.05, 4.69) is 0 Å². The molecule has 1 fully saturated rings. The first-order valence-electron chi connectivity index (χ1n) is 8.10. The average Bonchev–Trinajstić information content (AvgIpc) is 2.60. The number of phenols is 2. The van der Waals surface area contributed by atoms with E-state index in [-0.39, 0.29) is 28.0 Å². The van der Waals surface area contributed by atoms with Crippen LogP contribution in [0, 0.1) is 0 Å². The summed E-state index contributed by atoms with van der Waals surface area (Å²) in [7, 11) is 0. The minimum absolute atomic E-state index is 0.000723. The van der Waals surface area contributed by atoms with E-state index >= 15 is 0 Å². The minimum atomic E-state index is -4.46. The first-order chi connectivity index (χ1) is 12.7. The molecule has 0 saturated carbocycles. The van der Waals surface area contributed by atoms with Gasteiger partial charge in [-0.15, -0.1) is 0 Å². The van der Waals surface area contributed by atoms with Crippen molar-refractivity contribution < 1.29 is 28.2 Å². The van der Waals surface area contributed by atoms with Crippen LogP contribution in [0.2, 0.25) is 5.02 Å². The number of hydrogen-bond acceptors (Lipinski definition) is 4. The second-order valence-electron chi connectivity index (χ2n) is 6.14. The predicted octanol–water partition coefficient (Wildman–Crippen LogP) is 3.73. The third-order valence-electron chi connectivity index (χ3n) is 4.39. The number of benzene rings is 2. The van der Waals surface area contributed by atoms with Crippen LogP contribution in [0.5, 0.6) is 11.5 Å². The van der Waals surface area contributed by atoms with Crippen molar-refractivity contribution in [1.29, 1.82) is 0 Å². The number of alkyl halides is 3. The zero-order valence-corrected chi connectivity index (χ0v) is 14.8. The van der Waals surface area contributed by atoms with Gasteiger partial charge in [-0.05, 0) is 30.3 Å². The number of hydrogen-bond donors (Lipinski definition) is 2. The van der Waals surface area contributed by atoms with Gasteiger partial charge >= 0.3 is 6.18 Å². The van der Waals surface area contributed by atoms with Crippen molar-refractivity contribution in [1.82, 2.24) is 4.90 Å². The third-order valence-corrected chi connectivity index (χ3v) is 4.70. The molecule has 2 aromatic carbocycles. The number of phenolic OH excluding ortho intramolecular Hbond substituents is 2. The first kappa shape index (κ1) is 19.2. The summed E-state index contributed by atoms with van der Waals surface area (Å²) in [5, 5.41) is 19.1. The van der Waals surface area contributed by atoms with Crippen molar-refractivity contribution in [3.8, 4) is 11.5 Å². The molecule has 0 unspecified atom stereocenters. The summed E-state index contributed by atoms with van der Waals surface area (Å²) in [5.41, 5.74) is -0.258. The Morgan fingerprint density at radius 3 is 2.22 bits per heavy atom. The molecule has 144 valence electrons. The van der Waals surface area contributed by atoms with E-state index < -0.39 is 11.7 Å². The highest BCUT2D eigenvalue weighted by molar-refractivity contribution is 6.33. The number of carbonyl (C=O) groups is 1. The van der Waals surface area contributed by atoms with Gasteiger partial charge in [-0.25, -0.2) is 0 Å². The van der Waals surface area contributed by atoms with E-state index in [1.165, 1.54) is 23.1 Å². The van der Waals surface area contributed by atoms with Gasteiger partial charge in [-0.3, -0.25) is 4.79 Å². The molecule has 0 atom stereocenters. The Bertz CT molecular complexity index is 865. The molecule has 0 aromatic heterocycles. The maximum absolute atomic E-state index is 12.7. The van der Waals surface area contributed by atoms with Crippen molar-refractivity contribution in [2.75, 3.05) is 31.1 Å². The molecule has 3 rings (SSSR count). The molecular formula is C18H16ClF3N2O3. The van der Waals surface area contributed by atoms with Gasteiger partial charge in [0, 0.05) is 32.2 Å². The third kappa shape index (κ3) is 4.05. The van der Waals surface area contributed by atoms with Gasteiger partial charge in [0.05, 0.1) is 21.8 Å². The molecular weight excluding hydrogens is 385 g/mol. The molecule has 0 aliphatic carbocycles. The van der Waals surface area contributed by atoms with Crippen molar-refractivity contribution in [2.45, 2.75) is 6.18 Å². The fourth-order valence-corrected chi connectivity index (χ4v) is 3.26. The van der Waals surface area contributed by atoms with E-state index in [1.807, 2.05) is 4.90 Å². The summed E-state index contributed by atoms with van der Waals surface area (Å²) in [6.45, 7) is 1.40. The summed E-state index contributed by atoms with van der Waals surface area (Å²) in [5.74, 6) is -0.843. The molecule has 9 heteroatoms. The summed E-state index contributed by atoms with van der Waals surface area (Å²) in [4.78, 5) is 15.8. The van der Waals surface area contributed by atoms with E-state index in [0.29, 0.717) is 31.9 Å². The smallest absolute Gasteiger partial charge is 0.416 e. The van der Waals surface area contributed by atoms with Crippen molar-refractivity contribution >= 4 is 23.2 Å². The SMILES string of the molecule is O=C(c1ccc(O)cc1O)N1CCN(c2ccc(C(F)(F)F)cc2Cl)CC1. The van der Waals surface area contributed by atoms with Gasteiger partial charge in [0.25, 0.3) is 5.91 Å². The Kier molecular flexibility index (Phi) is 5.10. The van der Waals surface area contributed by atoms with Crippen LogP contribution in [0.25, 0.3) is 0 Å². The highest BCUT2D eigenvalue weighted by atomic mass is 35.5. The maximum Gasteiger partial charge on any atom is 0.416 e. The number of amides is 1. The monoisotopic (exact) mass is 400 g/mol. The fourth-order valence-electron chi connectivity index (χ4n) is 2.96. The zero-order valence-electron chi connectivity index (χ0n) is 14.0. The molecule has 5 nitrogen and oxygen atoms in total. The van der Waals surface area contributed by atoms with Crippen LogP contribution in [0.4, 0.5) is 18.9 Å². The quantitative estimate of drug-likeness (QED) is 0.806. The van der Waals surface area contributed by atoms with Gasteiger partial charge in [-0.2, -0.15) is 13.2 Å². The van der Waals surface area contributed by atoms with Crippen LogP contribution in [0.3, 0.4) is 0 Å². The number of aromatic hydroxyl groups is 2. The number of piperazine rings is 1. The number of anilines is 1. The molecule has 0 spiro atoms. The summed E-state index contributed by atoms with van der Waals surface area (Å²) in [6.07, 6.45) is -4.46. The number of carbonyl (C=O) groups excluding carboxylic acids is 1. The lowest BCUT2D eigenvalue weighted by atomic mass is 10.1. The lowest BCUT2D eigenvalue weighted by molar-refractivity contribution is -0.137. The van der Waals surface area contributed by atoms with Crippen LogP contribution in [-0.2, 0) is 6.18 Å². The second-order valence-corrected chi connectivity index (χ2v) is 6.55. The normalized spacial score (nSPS) is 15.1. The predicted molar refractivity (Wildman–Crippen MR) is 94.3 cm³/mol. The van der Waals surface area contributed by atoms with E-state index in [1.54, 1.807) is 0 Å². The average molecular weight is 401 g/mol. The van der Waals surface area contributed by atoms with Crippen LogP contribution in [0.1, 0.15) is 15.9 Å². The lowest BCUT2D eigenvalue weighted by Gasteiger charge is -2.36. The van der Waals surface area contributed by atoms with E-state index in [9.17, 15) is 28.2 Å². The summed E-state index contributed by atoms with van der Waals surface area (Å²) in [6, 6.07) is 6.94. The van der Waals surface area contributed by atoms with Gasteiger partial charge < -0.3 is 20.0 Å².